The van der Waals surface area contributed by atoms with Crippen LogP contribution in [-0.2, 0) is 29.2 Å². The fourth-order valence-electron chi connectivity index (χ4n) is 3.04. The summed E-state index contributed by atoms with van der Waals surface area (Å²) in [5.74, 6) is 0. The second-order valence-corrected chi connectivity index (χ2v) is 6.89. The van der Waals surface area contributed by atoms with Gasteiger partial charge in [0.2, 0.25) is 0 Å². The lowest BCUT2D eigenvalue weighted by Gasteiger charge is -2.29. The zero-order chi connectivity index (χ0) is 18.4. The zero-order valence-electron chi connectivity index (χ0n) is 15.5. The maximum Gasteiger partial charge on any atom is 0.198 e. The van der Waals surface area contributed by atoms with Gasteiger partial charge in [0.1, 0.15) is 6.33 Å². The number of benzene rings is 1. The molecule has 26 heavy (non-hydrogen) atoms. The second kappa shape index (κ2) is 9.27. The molecule has 0 radical (unpaired) electrons. The first-order valence-electron chi connectivity index (χ1n) is 8.89. The van der Waals surface area contributed by atoms with E-state index in [-0.39, 0.29) is 0 Å². The van der Waals surface area contributed by atoms with E-state index in [0.29, 0.717) is 13.3 Å². The highest BCUT2D eigenvalue weighted by atomic mass is 32.1. The minimum Gasteiger partial charge on any atom is -0.383 e. The van der Waals surface area contributed by atoms with E-state index in [0.717, 1.165) is 44.2 Å². The van der Waals surface area contributed by atoms with Crippen LogP contribution >= 0.6 is 12.2 Å². The van der Waals surface area contributed by atoms with Crippen LogP contribution in [0.15, 0.2) is 30.6 Å². The Hall–Kier alpha value is -1.74. The van der Waals surface area contributed by atoms with Gasteiger partial charge >= 0.3 is 0 Å². The van der Waals surface area contributed by atoms with Crippen LogP contribution in [0.4, 0.5) is 5.69 Å². The Kier molecular flexibility index (Phi) is 6.79. The van der Waals surface area contributed by atoms with E-state index in [1.165, 1.54) is 11.3 Å². The van der Waals surface area contributed by atoms with Gasteiger partial charge in [0.25, 0.3) is 0 Å². The van der Waals surface area contributed by atoms with Crippen LogP contribution in [0.2, 0.25) is 0 Å². The Morgan fingerprint density at radius 1 is 1.23 bits per heavy atom. The number of anilines is 1. The van der Waals surface area contributed by atoms with Crippen LogP contribution in [0.3, 0.4) is 0 Å². The molecule has 1 aromatic carbocycles. The van der Waals surface area contributed by atoms with Crippen molar-refractivity contribution in [3.63, 3.8) is 0 Å². The van der Waals surface area contributed by atoms with E-state index < -0.39 is 0 Å². The molecule has 1 aromatic heterocycles. The molecule has 2 aromatic rings. The highest BCUT2D eigenvalue weighted by molar-refractivity contribution is 7.71. The summed E-state index contributed by atoms with van der Waals surface area (Å²) in [5, 5.41) is 4.39. The smallest absolute Gasteiger partial charge is 0.198 e. The van der Waals surface area contributed by atoms with Crippen LogP contribution in [-0.4, -0.2) is 66.3 Å². The van der Waals surface area contributed by atoms with Gasteiger partial charge < -0.3 is 18.9 Å². The number of hydrogen-bond acceptors (Lipinski definition) is 6. The van der Waals surface area contributed by atoms with Gasteiger partial charge in [-0.05, 0) is 37.0 Å². The lowest BCUT2D eigenvalue weighted by molar-refractivity contribution is 0.122. The molecular formula is C18H27N5O2S. The second-order valence-electron chi connectivity index (χ2n) is 6.52. The number of morpholine rings is 1. The molecular weight excluding hydrogens is 350 g/mol. The van der Waals surface area contributed by atoms with Crippen LogP contribution in [0.25, 0.3) is 0 Å². The topological polar surface area (TPSA) is 47.7 Å². The van der Waals surface area contributed by atoms with Crippen LogP contribution < -0.4 is 4.90 Å². The highest BCUT2D eigenvalue weighted by Crippen LogP contribution is 2.17. The Bertz CT molecular complexity index is 737. The molecule has 0 aliphatic carbocycles. The summed E-state index contributed by atoms with van der Waals surface area (Å²) in [6.07, 6.45) is 1.77. The number of aromatic nitrogens is 3. The quantitative estimate of drug-likeness (QED) is 0.656. The fourth-order valence-corrected chi connectivity index (χ4v) is 3.28. The number of ether oxygens (including phenoxy) is 2. The molecule has 7 nitrogen and oxygen atoms in total. The predicted octanol–water partition coefficient (Wildman–Crippen LogP) is 1.99. The predicted molar refractivity (Wildman–Crippen MR) is 104 cm³/mol. The van der Waals surface area contributed by atoms with E-state index in [2.05, 4.69) is 46.2 Å². The molecule has 1 aliphatic rings. The summed E-state index contributed by atoms with van der Waals surface area (Å²) in [7, 11) is 3.76. The Balaban J connectivity index is 1.55. The van der Waals surface area contributed by atoms with Gasteiger partial charge in [-0.1, -0.05) is 12.1 Å². The lowest BCUT2D eigenvalue weighted by Crippen LogP contribution is -2.36. The number of methoxy groups -OCH3 is 1. The molecule has 0 atom stereocenters. The van der Waals surface area contributed by atoms with Crippen molar-refractivity contribution >= 4 is 17.9 Å². The first kappa shape index (κ1) is 19.0. The molecule has 1 aliphatic heterocycles. The summed E-state index contributed by atoms with van der Waals surface area (Å²) in [6.45, 7) is 6.39. The molecule has 8 heteroatoms. The molecule has 1 fully saturated rings. The Morgan fingerprint density at radius 3 is 2.65 bits per heavy atom. The average molecular weight is 378 g/mol. The third kappa shape index (κ3) is 4.91. The van der Waals surface area contributed by atoms with Crippen LogP contribution in [0.5, 0.6) is 0 Å². The summed E-state index contributed by atoms with van der Waals surface area (Å²) < 4.78 is 15.0. The lowest BCUT2D eigenvalue weighted by atomic mass is 10.2. The van der Waals surface area contributed by atoms with Crippen molar-refractivity contribution in [1.29, 1.82) is 0 Å². The van der Waals surface area contributed by atoms with E-state index in [4.69, 9.17) is 21.7 Å². The van der Waals surface area contributed by atoms with Crippen LogP contribution in [0, 0.1) is 4.77 Å². The molecule has 0 amide bonds. The van der Waals surface area contributed by atoms with Crippen molar-refractivity contribution in [1.82, 2.24) is 19.2 Å². The molecule has 142 valence electrons. The summed E-state index contributed by atoms with van der Waals surface area (Å²) in [4.78, 5) is 4.57. The maximum atomic E-state index is 5.48. The molecule has 2 heterocycles. The van der Waals surface area contributed by atoms with Crippen molar-refractivity contribution in [2.75, 3.05) is 52.0 Å². The van der Waals surface area contributed by atoms with Gasteiger partial charge in [-0.15, -0.1) is 0 Å². The van der Waals surface area contributed by atoms with Crippen molar-refractivity contribution in [3.05, 3.63) is 40.9 Å². The summed E-state index contributed by atoms with van der Waals surface area (Å²) >= 11 is 5.48. The van der Waals surface area contributed by atoms with Gasteiger partial charge in [-0.2, -0.15) is 5.10 Å². The highest BCUT2D eigenvalue weighted by Gasteiger charge is 2.11. The molecule has 0 N–H and O–H groups in total. The van der Waals surface area contributed by atoms with Crippen molar-refractivity contribution in [2.45, 2.75) is 19.8 Å². The summed E-state index contributed by atoms with van der Waals surface area (Å²) in [5.41, 5.74) is 2.54. The Labute approximate surface area is 159 Å². The number of nitrogens with zero attached hydrogens (tertiary/aromatic N) is 5. The largest absolute Gasteiger partial charge is 0.383 e. The minimum atomic E-state index is 0.630. The molecule has 0 unspecified atom stereocenters. The number of hydrogen-bond donors (Lipinski definition) is 0. The van der Waals surface area contributed by atoms with Crippen molar-refractivity contribution in [2.24, 2.45) is 0 Å². The third-order valence-corrected chi connectivity index (χ3v) is 4.92. The fraction of sp³-hybridized carbons (Fsp3) is 0.556. The van der Waals surface area contributed by atoms with Crippen molar-refractivity contribution < 1.29 is 9.47 Å². The minimum absolute atomic E-state index is 0.630. The monoisotopic (exact) mass is 377 g/mol. The Morgan fingerprint density at radius 2 is 1.96 bits per heavy atom. The zero-order valence-corrected chi connectivity index (χ0v) is 16.3. The van der Waals surface area contributed by atoms with Gasteiger partial charge in [-0.3, -0.25) is 4.90 Å². The molecule has 0 saturated carbocycles. The number of rotatable bonds is 8. The first-order chi connectivity index (χ1) is 12.7. The van der Waals surface area contributed by atoms with E-state index in [9.17, 15) is 0 Å². The van der Waals surface area contributed by atoms with E-state index in [1.54, 1.807) is 13.4 Å². The standard InChI is InChI=1S/C18H27N5O2S/c1-20(15-23-18(26)22(14-19-23)7-10-24-2)13-16-3-5-17(6-4-16)21-8-11-25-12-9-21/h3-6,14H,7-13,15H2,1-2H3. The molecule has 1 saturated heterocycles. The van der Waals surface area contributed by atoms with Gasteiger partial charge in [0.15, 0.2) is 4.77 Å². The molecule has 3 rings (SSSR count). The van der Waals surface area contributed by atoms with Gasteiger partial charge in [-0.25, -0.2) is 4.68 Å². The van der Waals surface area contributed by atoms with Crippen molar-refractivity contribution in [3.8, 4) is 0 Å². The SMILES string of the molecule is COCCn1cnn(CN(C)Cc2ccc(N3CCOCC3)cc2)c1=S. The normalized spacial score (nSPS) is 15.0. The maximum absolute atomic E-state index is 5.48. The van der Waals surface area contributed by atoms with Gasteiger partial charge in [0.05, 0.1) is 26.5 Å². The van der Waals surface area contributed by atoms with Crippen LogP contribution in [0.1, 0.15) is 5.56 Å². The van der Waals surface area contributed by atoms with E-state index in [1.807, 2.05) is 9.25 Å². The average Bonchev–Trinajstić information content (AvgIpc) is 3.01. The molecule has 0 bridgehead atoms. The molecule has 0 spiro atoms. The van der Waals surface area contributed by atoms with E-state index >= 15 is 0 Å². The third-order valence-electron chi connectivity index (χ3n) is 4.47. The summed E-state index contributed by atoms with van der Waals surface area (Å²) in [6, 6.07) is 8.77. The van der Waals surface area contributed by atoms with Gasteiger partial charge in [0, 0.05) is 39.0 Å². The first-order valence-corrected chi connectivity index (χ1v) is 9.29.